The second-order valence-electron chi connectivity index (χ2n) is 15.7. The minimum atomic E-state index is -1.47. The van der Waals surface area contributed by atoms with Crippen molar-refractivity contribution in [3.05, 3.63) is 93.1 Å². The zero-order chi connectivity index (χ0) is 56.1. The summed E-state index contributed by atoms with van der Waals surface area (Å²) in [7, 11) is 0. The summed E-state index contributed by atoms with van der Waals surface area (Å²) in [5, 5.41) is 8.98. The van der Waals surface area contributed by atoms with Crippen molar-refractivity contribution in [2.45, 2.75) is 0 Å². The number of rotatable bonds is 0. The van der Waals surface area contributed by atoms with Crippen molar-refractivity contribution < 1.29 is 79.5 Å². The van der Waals surface area contributed by atoms with E-state index in [4.69, 9.17) is 0 Å². The topological polar surface area (TPSA) is 233 Å². The van der Waals surface area contributed by atoms with Crippen LogP contribution in [-0.2, 0) is 0 Å². The molecule has 0 aliphatic heterocycles. The first-order valence-corrected chi connectivity index (χ1v) is 29.2. The van der Waals surface area contributed by atoms with Crippen LogP contribution in [0.4, 0.5) is 70.2 Å². The Balaban J connectivity index is 0.000000101. The third-order valence-electron chi connectivity index (χ3n) is 11.8. The van der Waals surface area contributed by atoms with Gasteiger partial charge in [0.05, 0.1) is 45.0 Å². The van der Waals surface area contributed by atoms with Crippen LogP contribution in [0.2, 0.25) is 0 Å². The van der Waals surface area contributed by atoms with Gasteiger partial charge < -0.3 is 0 Å². The first-order chi connectivity index (χ1) is 38.4. The Kier molecular flexibility index (Phi) is 12.7. The quantitative estimate of drug-likeness (QED) is 0.102. The van der Waals surface area contributed by atoms with E-state index in [2.05, 4.69) is 76.1 Å². The summed E-state index contributed by atoms with van der Waals surface area (Å²) in [6, 6.07) is 0. The standard InChI is InChI=1S/C10F4N4O2.C10F4N4S2.C10F4N4Se2.C10F4N4Te2/c4*11-3-1-2(8-10(5(3)13)18-20-16-8)4(12)6(14)9-7(1)15-19-17-9. The van der Waals surface area contributed by atoms with Crippen LogP contribution in [0.15, 0.2) is 9.26 Å². The summed E-state index contributed by atoms with van der Waals surface area (Å²) in [4.78, 5) is 0. The number of fused-ring (bicyclic) bond motifs is 20. The minimum absolute atomic E-state index is 0.108. The first-order valence-electron chi connectivity index (χ1n) is 20.5. The van der Waals surface area contributed by atoms with Gasteiger partial charge in [0.25, 0.3) is 0 Å². The van der Waals surface area contributed by atoms with Crippen molar-refractivity contribution in [3.8, 4) is 0 Å². The van der Waals surface area contributed by atoms with Crippen LogP contribution < -0.4 is 0 Å². The number of benzene rings is 8. The van der Waals surface area contributed by atoms with Crippen molar-refractivity contribution in [2.75, 3.05) is 0 Å². The van der Waals surface area contributed by atoms with Gasteiger partial charge in [0, 0.05) is 0 Å². The normalized spacial score (nSPS) is 12.0. The molecule has 80 heavy (non-hydrogen) atoms. The summed E-state index contributed by atoms with van der Waals surface area (Å²) in [6.45, 7) is 0. The molecule has 0 fully saturated rings. The fourth-order valence-electron chi connectivity index (χ4n) is 8.34. The Morgan fingerprint density at radius 2 is 0.475 bits per heavy atom. The molecule has 8 aromatic heterocycles. The Morgan fingerprint density at radius 3 is 0.838 bits per heavy atom. The first kappa shape index (κ1) is 52.5. The van der Waals surface area contributed by atoms with E-state index in [1.807, 2.05) is 0 Å². The molecule has 0 aliphatic rings. The number of hydrogen-bond donors (Lipinski definition) is 0. The number of halogens is 16. The average molecular weight is 1520 g/mol. The van der Waals surface area contributed by atoms with Gasteiger partial charge >= 0.3 is 248 Å². The number of nitrogens with zero attached hydrogens (tertiary/aromatic N) is 16. The Hall–Kier alpha value is -6.86. The molecule has 0 unspecified atom stereocenters. The summed E-state index contributed by atoms with van der Waals surface area (Å²) < 4.78 is 278. The molecule has 18 nitrogen and oxygen atoms in total. The number of hydrogen-bond acceptors (Lipinski definition) is 20. The molecule has 8 aromatic carbocycles. The monoisotopic (exact) mass is 1520 g/mol. The summed E-state index contributed by atoms with van der Waals surface area (Å²) >= 11 is -2.81. The van der Waals surface area contributed by atoms with Crippen molar-refractivity contribution >= 4 is 227 Å². The molecule has 8 heterocycles. The largest absolute Gasteiger partial charge is 0.243 e. The predicted molar refractivity (Wildman–Crippen MR) is 248 cm³/mol. The molecule has 40 heteroatoms. The van der Waals surface area contributed by atoms with Crippen LogP contribution >= 0.6 is 23.5 Å². The van der Waals surface area contributed by atoms with Gasteiger partial charge in [-0.15, -0.1) is 0 Å². The second kappa shape index (κ2) is 19.4. The van der Waals surface area contributed by atoms with Gasteiger partial charge in [0.15, 0.2) is 57.6 Å². The maximum Gasteiger partial charge on any atom is 0.191 e. The Labute approximate surface area is 462 Å². The fraction of sp³-hybridized carbons (Fsp3) is 0. The van der Waals surface area contributed by atoms with E-state index in [9.17, 15) is 70.2 Å². The molecule has 16 rings (SSSR count). The Morgan fingerprint density at radius 1 is 0.237 bits per heavy atom. The van der Waals surface area contributed by atoms with Gasteiger partial charge in [-0.05, 0) is 20.6 Å². The van der Waals surface area contributed by atoms with Crippen molar-refractivity contribution in [3.63, 3.8) is 0 Å². The maximum absolute atomic E-state index is 14.2. The van der Waals surface area contributed by atoms with E-state index in [-0.39, 0.29) is 65.9 Å². The maximum atomic E-state index is 14.2. The van der Waals surface area contributed by atoms with Crippen LogP contribution in [-0.4, -0.2) is 139 Å². The van der Waals surface area contributed by atoms with Gasteiger partial charge in [-0.1, -0.05) is 0 Å². The van der Waals surface area contributed by atoms with Crippen molar-refractivity contribution in [1.82, 2.24) is 66.9 Å². The van der Waals surface area contributed by atoms with Crippen molar-refractivity contribution in [1.29, 1.82) is 0 Å². The molecule has 0 radical (unpaired) electrons. The molecule has 0 N–H and O–H groups in total. The zero-order valence-corrected chi connectivity index (χ0v) is 46.2. The van der Waals surface area contributed by atoms with Crippen LogP contribution in [0.1, 0.15) is 0 Å². The van der Waals surface area contributed by atoms with E-state index >= 15 is 0 Å². The average Bonchev–Trinajstić information content (AvgIpc) is 4.46. The molecule has 0 spiro atoms. The van der Waals surface area contributed by atoms with E-state index in [1.165, 1.54) is 0 Å². The van der Waals surface area contributed by atoms with E-state index in [0.29, 0.717) is 23.5 Å². The van der Waals surface area contributed by atoms with E-state index in [1.54, 1.807) is 0 Å². The molecule has 0 bridgehead atoms. The van der Waals surface area contributed by atoms with Gasteiger partial charge in [-0.3, -0.25) is 0 Å². The molecule has 0 saturated heterocycles. The number of aromatic nitrogens is 16. The van der Waals surface area contributed by atoms with Crippen LogP contribution in [0.25, 0.3) is 131 Å². The summed E-state index contributed by atoms with van der Waals surface area (Å²) in [5.74, 6) is -20.9. The summed E-state index contributed by atoms with van der Waals surface area (Å²) in [5.41, 5.74) is -5.38. The third kappa shape index (κ3) is 7.42. The fourth-order valence-corrected chi connectivity index (χ4v) is 14.9. The zero-order valence-electron chi connectivity index (χ0n) is 36.5. The van der Waals surface area contributed by atoms with Crippen LogP contribution in [0, 0.1) is 93.1 Å². The molecule has 16 aromatic rings. The van der Waals surface area contributed by atoms with Gasteiger partial charge in [0.1, 0.15) is 33.1 Å². The molecule has 0 atom stereocenters. The second-order valence-corrected chi connectivity index (χ2v) is 22.0. The Bertz CT molecular complexity index is 4380. The smallest absolute Gasteiger partial charge is 0.191 e. The van der Waals surface area contributed by atoms with Crippen molar-refractivity contribution in [2.24, 2.45) is 0 Å². The van der Waals surface area contributed by atoms with Crippen LogP contribution in [0.3, 0.4) is 0 Å². The molecular weight excluding hydrogens is 1520 g/mol. The van der Waals surface area contributed by atoms with E-state index in [0.717, 1.165) is 0 Å². The van der Waals surface area contributed by atoms with Gasteiger partial charge in [-0.25, -0.2) is 44.4 Å². The molecule has 0 amide bonds. The molecule has 0 saturated carbocycles. The molecule has 400 valence electrons. The third-order valence-corrected chi connectivity index (χ3v) is 18.1. The summed E-state index contributed by atoms with van der Waals surface area (Å²) in [6.07, 6.45) is 0. The van der Waals surface area contributed by atoms with Gasteiger partial charge in [0.2, 0.25) is 0 Å². The molecular formula is C40F16N16O2S2Se2Te2. The SMILES string of the molecule is Fc1c(F)c2c3n[se]nc3c(F)c(F)c2c2n[se]nc12.Fc1c(F)c2c3n[te]nc3c(F)c(F)c2c2n[te]nc12.Fc1c(F)c2c3nonc3c(F)c(F)c2c2nonc12.Fc1c(F)c2c3nsnc3c(F)c(F)c2c2nsnc12. The van der Waals surface area contributed by atoms with E-state index < -0.39 is 230 Å². The minimum Gasteiger partial charge on any atom is -0.243 e. The predicted octanol–water partition coefficient (Wildman–Crippen LogP) is 8.67. The van der Waals surface area contributed by atoms with Crippen LogP contribution in [0.5, 0.6) is 0 Å². The van der Waals surface area contributed by atoms with Gasteiger partial charge in [-0.2, -0.15) is 17.5 Å². The molecule has 0 aliphatic carbocycles.